The molecule has 0 aromatic carbocycles. The van der Waals surface area contributed by atoms with E-state index in [1.165, 1.54) is 25.7 Å². The van der Waals surface area contributed by atoms with E-state index in [4.69, 9.17) is 9.47 Å². The first kappa shape index (κ1) is 7.90. The normalized spacial score (nSPS) is 35.8. The Hall–Kier alpha value is -0.730. The maximum atomic E-state index is 10.8. The van der Waals surface area contributed by atoms with Gasteiger partial charge >= 0.3 is 6.16 Å². The van der Waals surface area contributed by atoms with Crippen LogP contribution in [0.2, 0.25) is 0 Å². The van der Waals surface area contributed by atoms with Crippen LogP contribution in [0.1, 0.15) is 25.7 Å². The summed E-state index contributed by atoms with van der Waals surface area (Å²) in [6.07, 6.45) is 4.46. The number of cyclic esters (lactones) is 2. The van der Waals surface area contributed by atoms with E-state index in [0.717, 1.165) is 0 Å². The van der Waals surface area contributed by atoms with Crippen molar-refractivity contribution in [3.8, 4) is 0 Å². The Morgan fingerprint density at radius 1 is 1.00 bits per heavy atom. The SMILES string of the molecule is O=C1OC[C@@H]2CCCC[C@H]2CO1. The number of ether oxygens (including phenoxy) is 2. The molecule has 1 aliphatic heterocycles. The lowest BCUT2D eigenvalue weighted by molar-refractivity contribution is 0.0684. The highest BCUT2D eigenvalue weighted by Crippen LogP contribution is 2.31. The quantitative estimate of drug-likeness (QED) is 0.521. The standard InChI is InChI=1S/C9H14O3/c10-9-11-5-7-3-1-2-4-8(7)6-12-9/h7-8H,1-6H2/t7-,8-/m0/s1. The number of carbonyl (C=O) groups excluding carboxylic acids is 1. The fourth-order valence-electron chi connectivity index (χ4n) is 2.12. The van der Waals surface area contributed by atoms with Crippen molar-refractivity contribution in [2.45, 2.75) is 25.7 Å². The van der Waals surface area contributed by atoms with Gasteiger partial charge in [-0.3, -0.25) is 0 Å². The molecule has 1 saturated carbocycles. The number of hydrogen-bond donors (Lipinski definition) is 0. The molecule has 0 N–H and O–H groups in total. The molecule has 0 spiro atoms. The monoisotopic (exact) mass is 170 g/mol. The van der Waals surface area contributed by atoms with E-state index in [-0.39, 0.29) is 0 Å². The highest BCUT2D eigenvalue weighted by Gasteiger charge is 2.30. The first-order valence-corrected chi connectivity index (χ1v) is 4.66. The number of fused-ring (bicyclic) bond motifs is 1. The van der Waals surface area contributed by atoms with Gasteiger partial charge in [0.05, 0.1) is 13.2 Å². The van der Waals surface area contributed by atoms with Gasteiger partial charge in [-0.25, -0.2) is 4.79 Å². The summed E-state index contributed by atoms with van der Waals surface area (Å²) in [4.78, 5) is 10.8. The first-order valence-electron chi connectivity index (χ1n) is 4.66. The molecule has 2 aliphatic rings. The minimum atomic E-state index is -0.482. The minimum absolute atomic E-state index is 0.482. The van der Waals surface area contributed by atoms with Crippen molar-refractivity contribution in [1.82, 2.24) is 0 Å². The lowest BCUT2D eigenvalue weighted by atomic mass is 9.80. The fraction of sp³-hybridized carbons (Fsp3) is 0.889. The van der Waals surface area contributed by atoms with E-state index in [1.807, 2.05) is 0 Å². The molecule has 0 unspecified atom stereocenters. The third kappa shape index (κ3) is 1.54. The molecule has 3 heteroatoms. The van der Waals surface area contributed by atoms with Gasteiger partial charge in [-0.2, -0.15) is 0 Å². The molecule has 1 saturated heterocycles. The summed E-state index contributed by atoms with van der Waals surface area (Å²) in [5.41, 5.74) is 0. The Kier molecular flexibility index (Phi) is 2.19. The molecule has 1 heterocycles. The molecule has 68 valence electrons. The van der Waals surface area contributed by atoms with Crippen LogP contribution in [0, 0.1) is 11.8 Å². The molecule has 12 heavy (non-hydrogen) atoms. The number of carbonyl (C=O) groups is 1. The second-order valence-electron chi connectivity index (χ2n) is 3.68. The Balaban J connectivity index is 1.98. The van der Waals surface area contributed by atoms with E-state index < -0.39 is 6.16 Å². The highest BCUT2D eigenvalue weighted by atomic mass is 16.7. The Morgan fingerprint density at radius 2 is 1.50 bits per heavy atom. The summed E-state index contributed by atoms with van der Waals surface area (Å²) in [6.45, 7) is 1.15. The zero-order valence-electron chi connectivity index (χ0n) is 7.12. The summed E-state index contributed by atoms with van der Waals surface area (Å²) >= 11 is 0. The predicted octanol–water partition coefficient (Wildman–Crippen LogP) is 1.96. The van der Waals surface area contributed by atoms with Crippen LogP contribution in [-0.2, 0) is 9.47 Å². The second kappa shape index (κ2) is 3.33. The largest absolute Gasteiger partial charge is 0.508 e. The second-order valence-corrected chi connectivity index (χ2v) is 3.68. The minimum Gasteiger partial charge on any atom is -0.434 e. The molecule has 1 aliphatic carbocycles. The van der Waals surface area contributed by atoms with E-state index in [1.54, 1.807) is 0 Å². The lowest BCUT2D eigenvalue weighted by Crippen LogP contribution is -2.24. The van der Waals surface area contributed by atoms with Crippen LogP contribution in [0.25, 0.3) is 0 Å². The maximum Gasteiger partial charge on any atom is 0.508 e. The van der Waals surface area contributed by atoms with Crippen molar-refractivity contribution in [3.05, 3.63) is 0 Å². The Bertz CT molecular complexity index is 161. The third-order valence-corrected chi connectivity index (χ3v) is 2.90. The van der Waals surface area contributed by atoms with Crippen LogP contribution in [0.15, 0.2) is 0 Å². The van der Waals surface area contributed by atoms with Crippen LogP contribution in [0.4, 0.5) is 4.79 Å². The molecule has 0 aromatic heterocycles. The Morgan fingerprint density at radius 3 is 2.00 bits per heavy atom. The van der Waals surface area contributed by atoms with E-state index in [9.17, 15) is 4.79 Å². The van der Waals surface area contributed by atoms with Crippen molar-refractivity contribution in [2.24, 2.45) is 11.8 Å². The average Bonchev–Trinajstić information content (AvgIpc) is 2.29. The number of rotatable bonds is 0. The zero-order chi connectivity index (χ0) is 8.39. The molecular formula is C9H14O3. The van der Waals surface area contributed by atoms with Gasteiger partial charge in [0.1, 0.15) is 0 Å². The van der Waals surface area contributed by atoms with Crippen molar-refractivity contribution in [1.29, 1.82) is 0 Å². The Labute approximate surface area is 72.0 Å². The van der Waals surface area contributed by atoms with Gasteiger partial charge in [-0.05, 0) is 24.7 Å². The van der Waals surface area contributed by atoms with Crippen LogP contribution in [0.3, 0.4) is 0 Å². The molecule has 0 bridgehead atoms. The van der Waals surface area contributed by atoms with Gasteiger partial charge in [-0.15, -0.1) is 0 Å². The summed E-state index contributed by atoms with van der Waals surface area (Å²) in [7, 11) is 0. The van der Waals surface area contributed by atoms with Crippen molar-refractivity contribution in [2.75, 3.05) is 13.2 Å². The molecular weight excluding hydrogens is 156 g/mol. The average molecular weight is 170 g/mol. The third-order valence-electron chi connectivity index (χ3n) is 2.90. The molecule has 0 radical (unpaired) electrons. The van der Waals surface area contributed by atoms with Crippen molar-refractivity contribution < 1.29 is 14.3 Å². The molecule has 2 fully saturated rings. The maximum absolute atomic E-state index is 10.8. The summed E-state index contributed by atoms with van der Waals surface area (Å²) in [5, 5.41) is 0. The van der Waals surface area contributed by atoms with E-state index in [2.05, 4.69) is 0 Å². The van der Waals surface area contributed by atoms with E-state index >= 15 is 0 Å². The van der Waals surface area contributed by atoms with E-state index in [0.29, 0.717) is 25.0 Å². The highest BCUT2D eigenvalue weighted by molar-refractivity contribution is 5.60. The smallest absolute Gasteiger partial charge is 0.434 e. The van der Waals surface area contributed by atoms with Crippen LogP contribution in [-0.4, -0.2) is 19.4 Å². The summed E-state index contributed by atoms with van der Waals surface area (Å²) in [6, 6.07) is 0. The van der Waals surface area contributed by atoms with Gasteiger partial charge in [-0.1, -0.05) is 12.8 Å². The lowest BCUT2D eigenvalue weighted by Gasteiger charge is -2.27. The van der Waals surface area contributed by atoms with Crippen LogP contribution < -0.4 is 0 Å². The number of hydrogen-bond acceptors (Lipinski definition) is 3. The summed E-state index contributed by atoms with van der Waals surface area (Å²) < 4.78 is 9.82. The van der Waals surface area contributed by atoms with Gasteiger partial charge in [0.25, 0.3) is 0 Å². The van der Waals surface area contributed by atoms with Gasteiger partial charge in [0.15, 0.2) is 0 Å². The van der Waals surface area contributed by atoms with Crippen molar-refractivity contribution >= 4 is 6.16 Å². The van der Waals surface area contributed by atoms with Gasteiger partial charge in [0.2, 0.25) is 0 Å². The molecule has 0 aromatic rings. The van der Waals surface area contributed by atoms with Crippen LogP contribution >= 0.6 is 0 Å². The molecule has 0 amide bonds. The summed E-state index contributed by atoms with van der Waals surface area (Å²) in [5.74, 6) is 1.12. The zero-order valence-corrected chi connectivity index (χ0v) is 7.12. The molecule has 3 nitrogen and oxygen atoms in total. The predicted molar refractivity (Wildman–Crippen MR) is 42.7 cm³/mol. The topological polar surface area (TPSA) is 35.5 Å². The molecule has 2 rings (SSSR count). The first-order chi connectivity index (χ1) is 5.86. The van der Waals surface area contributed by atoms with Gasteiger partial charge < -0.3 is 9.47 Å². The molecule has 2 atom stereocenters. The van der Waals surface area contributed by atoms with Crippen LogP contribution in [0.5, 0.6) is 0 Å². The van der Waals surface area contributed by atoms with Gasteiger partial charge in [0, 0.05) is 0 Å². The van der Waals surface area contributed by atoms with Crippen molar-refractivity contribution in [3.63, 3.8) is 0 Å². The fourth-order valence-corrected chi connectivity index (χ4v) is 2.12.